The number of terminal acetylenes is 1. The van der Waals surface area contributed by atoms with Crippen molar-refractivity contribution in [3.05, 3.63) is 0 Å². The van der Waals surface area contributed by atoms with Crippen molar-refractivity contribution in [2.45, 2.75) is 38.1 Å². The van der Waals surface area contributed by atoms with Gasteiger partial charge < -0.3 is 5.32 Å². The number of rotatable bonds is 3. The molecule has 2 fully saturated rings. The van der Waals surface area contributed by atoms with Crippen LogP contribution in [0.4, 0.5) is 0 Å². The molecular formula is C12H19N. The molecule has 0 spiro atoms. The summed E-state index contributed by atoms with van der Waals surface area (Å²) in [6.07, 6.45) is 12.1. The maximum Gasteiger partial charge on any atom is 0.0243 e. The van der Waals surface area contributed by atoms with Crippen LogP contribution in [0, 0.1) is 30.1 Å². The highest BCUT2D eigenvalue weighted by Gasteiger charge is 2.53. The molecule has 2 saturated carbocycles. The fourth-order valence-corrected chi connectivity index (χ4v) is 3.20. The van der Waals surface area contributed by atoms with Crippen LogP contribution in [0.15, 0.2) is 0 Å². The van der Waals surface area contributed by atoms with Gasteiger partial charge in [0.25, 0.3) is 0 Å². The maximum atomic E-state index is 5.37. The molecule has 0 aromatic carbocycles. The van der Waals surface area contributed by atoms with E-state index in [1.807, 2.05) is 7.05 Å². The normalized spacial score (nSPS) is 38.9. The summed E-state index contributed by atoms with van der Waals surface area (Å²) in [5.41, 5.74) is 0. The summed E-state index contributed by atoms with van der Waals surface area (Å²) < 4.78 is 0. The van der Waals surface area contributed by atoms with Crippen LogP contribution in [-0.2, 0) is 0 Å². The second kappa shape index (κ2) is 3.72. The molecule has 1 heteroatoms. The van der Waals surface area contributed by atoms with Crippen LogP contribution in [-0.4, -0.2) is 13.1 Å². The Morgan fingerprint density at radius 2 is 2.00 bits per heavy atom. The van der Waals surface area contributed by atoms with Crippen molar-refractivity contribution in [2.24, 2.45) is 17.8 Å². The lowest BCUT2D eigenvalue weighted by Crippen LogP contribution is -2.28. The molecule has 13 heavy (non-hydrogen) atoms. The first-order valence-electron chi connectivity index (χ1n) is 5.49. The van der Waals surface area contributed by atoms with Crippen molar-refractivity contribution in [1.82, 2.24) is 5.32 Å². The molecule has 0 aliphatic heterocycles. The molecule has 72 valence electrons. The van der Waals surface area contributed by atoms with E-state index in [9.17, 15) is 0 Å². The zero-order valence-electron chi connectivity index (χ0n) is 8.42. The highest BCUT2D eigenvalue weighted by molar-refractivity contribution is 5.07. The molecule has 3 unspecified atom stereocenters. The minimum Gasteiger partial charge on any atom is -0.316 e. The molecule has 1 N–H and O–H groups in total. The first-order valence-corrected chi connectivity index (χ1v) is 5.49. The zero-order chi connectivity index (χ0) is 9.26. The molecule has 0 amide bonds. The monoisotopic (exact) mass is 177 g/mol. The summed E-state index contributed by atoms with van der Waals surface area (Å²) in [5, 5.41) is 3.38. The second-order valence-electron chi connectivity index (χ2n) is 4.49. The van der Waals surface area contributed by atoms with E-state index in [4.69, 9.17) is 6.42 Å². The SMILES string of the molecule is C#CCC(NC)C1C2CCCCC21. The van der Waals surface area contributed by atoms with Gasteiger partial charge in [-0.05, 0) is 37.6 Å². The van der Waals surface area contributed by atoms with E-state index in [-0.39, 0.29) is 0 Å². The summed E-state index contributed by atoms with van der Waals surface area (Å²) in [6, 6.07) is 0.595. The molecule has 0 aromatic heterocycles. The Morgan fingerprint density at radius 3 is 2.46 bits per heavy atom. The van der Waals surface area contributed by atoms with Gasteiger partial charge in [0.15, 0.2) is 0 Å². The minimum absolute atomic E-state index is 0.595. The highest BCUT2D eigenvalue weighted by atomic mass is 14.9. The van der Waals surface area contributed by atoms with Gasteiger partial charge in [-0.3, -0.25) is 0 Å². The molecule has 3 atom stereocenters. The molecule has 0 saturated heterocycles. The fraction of sp³-hybridized carbons (Fsp3) is 0.833. The first-order chi connectivity index (χ1) is 6.38. The topological polar surface area (TPSA) is 12.0 Å². The van der Waals surface area contributed by atoms with Crippen molar-refractivity contribution >= 4 is 0 Å². The Hall–Kier alpha value is -0.480. The van der Waals surface area contributed by atoms with Gasteiger partial charge in [-0.25, -0.2) is 0 Å². The van der Waals surface area contributed by atoms with E-state index in [0.29, 0.717) is 6.04 Å². The van der Waals surface area contributed by atoms with Crippen molar-refractivity contribution in [3.8, 4) is 12.3 Å². The van der Waals surface area contributed by atoms with Crippen LogP contribution in [0.5, 0.6) is 0 Å². The third-order valence-electron chi connectivity index (χ3n) is 3.90. The van der Waals surface area contributed by atoms with Gasteiger partial charge in [0, 0.05) is 12.5 Å². The predicted octanol–water partition coefficient (Wildman–Crippen LogP) is 2.03. The van der Waals surface area contributed by atoms with Gasteiger partial charge in [-0.2, -0.15) is 0 Å². The van der Waals surface area contributed by atoms with Crippen molar-refractivity contribution in [2.75, 3.05) is 7.05 Å². The molecule has 1 nitrogen and oxygen atoms in total. The number of hydrogen-bond acceptors (Lipinski definition) is 1. The van der Waals surface area contributed by atoms with Crippen LogP contribution in [0.25, 0.3) is 0 Å². The summed E-state index contributed by atoms with van der Waals surface area (Å²) in [4.78, 5) is 0. The van der Waals surface area contributed by atoms with Crippen molar-refractivity contribution in [3.63, 3.8) is 0 Å². The van der Waals surface area contributed by atoms with Gasteiger partial charge in [-0.1, -0.05) is 12.8 Å². The van der Waals surface area contributed by atoms with Crippen LogP contribution in [0.3, 0.4) is 0 Å². The predicted molar refractivity (Wildman–Crippen MR) is 55.2 cm³/mol. The largest absolute Gasteiger partial charge is 0.316 e. The number of nitrogens with one attached hydrogen (secondary N) is 1. The van der Waals surface area contributed by atoms with Crippen LogP contribution < -0.4 is 5.32 Å². The first kappa shape index (κ1) is 9.09. The Kier molecular flexibility index (Phi) is 2.60. The molecule has 0 bridgehead atoms. The lowest BCUT2D eigenvalue weighted by molar-refractivity contribution is 0.471. The van der Waals surface area contributed by atoms with E-state index in [1.165, 1.54) is 25.7 Å². The van der Waals surface area contributed by atoms with Gasteiger partial charge >= 0.3 is 0 Å². The molecule has 0 heterocycles. The molecule has 0 radical (unpaired) electrons. The fourth-order valence-electron chi connectivity index (χ4n) is 3.20. The van der Waals surface area contributed by atoms with E-state index in [0.717, 1.165) is 24.2 Å². The molecule has 2 aliphatic carbocycles. The third kappa shape index (κ3) is 1.60. The maximum absolute atomic E-state index is 5.37. The van der Waals surface area contributed by atoms with Crippen LogP contribution in [0.1, 0.15) is 32.1 Å². The van der Waals surface area contributed by atoms with Gasteiger partial charge in [0.2, 0.25) is 0 Å². The van der Waals surface area contributed by atoms with Crippen molar-refractivity contribution < 1.29 is 0 Å². The van der Waals surface area contributed by atoms with E-state index in [2.05, 4.69) is 11.2 Å². The third-order valence-corrected chi connectivity index (χ3v) is 3.90. The Balaban J connectivity index is 1.91. The average Bonchev–Trinajstić information content (AvgIpc) is 2.88. The van der Waals surface area contributed by atoms with Gasteiger partial charge in [-0.15, -0.1) is 12.3 Å². The summed E-state index contributed by atoms with van der Waals surface area (Å²) in [6.45, 7) is 0. The highest BCUT2D eigenvalue weighted by Crippen LogP contribution is 2.57. The Morgan fingerprint density at radius 1 is 1.38 bits per heavy atom. The quantitative estimate of drug-likeness (QED) is 0.650. The van der Waals surface area contributed by atoms with Crippen LogP contribution >= 0.6 is 0 Å². The minimum atomic E-state index is 0.595. The Bertz CT molecular complexity index is 204. The van der Waals surface area contributed by atoms with Crippen molar-refractivity contribution in [1.29, 1.82) is 0 Å². The van der Waals surface area contributed by atoms with E-state index < -0.39 is 0 Å². The molecule has 2 aliphatic rings. The summed E-state index contributed by atoms with van der Waals surface area (Å²) >= 11 is 0. The average molecular weight is 177 g/mol. The van der Waals surface area contributed by atoms with E-state index in [1.54, 1.807) is 0 Å². The zero-order valence-corrected chi connectivity index (χ0v) is 8.42. The second-order valence-corrected chi connectivity index (χ2v) is 4.49. The lowest BCUT2D eigenvalue weighted by Gasteiger charge is -2.12. The van der Waals surface area contributed by atoms with E-state index >= 15 is 0 Å². The summed E-state index contributed by atoms with van der Waals surface area (Å²) in [7, 11) is 2.05. The smallest absolute Gasteiger partial charge is 0.0243 e. The standard InChI is InChI=1S/C12H19N/c1-3-6-11(13-2)12-9-7-4-5-8-10(9)12/h1,9-13H,4-8H2,2H3. The molecule has 0 aromatic rings. The van der Waals surface area contributed by atoms with Crippen LogP contribution in [0.2, 0.25) is 0 Å². The Labute approximate surface area is 81.3 Å². The lowest BCUT2D eigenvalue weighted by atomic mass is 10.0. The number of fused-ring (bicyclic) bond motifs is 1. The summed E-state index contributed by atoms with van der Waals surface area (Å²) in [5.74, 6) is 5.72. The van der Waals surface area contributed by atoms with Gasteiger partial charge in [0.05, 0.1) is 0 Å². The molecular weight excluding hydrogens is 158 g/mol. The molecule has 2 rings (SSSR count). The van der Waals surface area contributed by atoms with Gasteiger partial charge in [0.1, 0.15) is 0 Å². The number of hydrogen-bond donors (Lipinski definition) is 1.